The predicted octanol–water partition coefficient (Wildman–Crippen LogP) is 5.66. The van der Waals surface area contributed by atoms with Crippen molar-refractivity contribution in [2.45, 2.75) is 0 Å². The van der Waals surface area contributed by atoms with E-state index < -0.39 is 11.0 Å². The van der Waals surface area contributed by atoms with Crippen molar-refractivity contribution in [1.29, 1.82) is 0 Å². The zero-order valence-electron chi connectivity index (χ0n) is 4.69. The van der Waals surface area contributed by atoms with Crippen molar-refractivity contribution in [3.8, 4) is 0 Å². The van der Waals surface area contributed by atoms with E-state index in [9.17, 15) is 9.13 Å². The molecule has 0 aliphatic rings. The van der Waals surface area contributed by atoms with Crippen molar-refractivity contribution in [1.82, 2.24) is 0 Å². The highest BCUT2D eigenvalue weighted by atomic mass is 36.0. The van der Waals surface area contributed by atoms with E-state index in [0.717, 1.165) is 0 Å². The molecule has 0 heterocycles. The van der Waals surface area contributed by atoms with Gasteiger partial charge < -0.3 is 0 Å². The summed E-state index contributed by atoms with van der Waals surface area (Å²) in [6.45, 7) is 0. The Labute approximate surface area is 93.1 Å². The second-order valence-corrected chi connectivity index (χ2v) is 13.6. The molecule has 0 rings (SSSR count). The molecule has 0 spiro atoms. The molecule has 0 unspecified atom stereocenters. The van der Waals surface area contributed by atoms with Crippen LogP contribution < -0.4 is 0 Å². The molecule has 0 saturated carbocycles. The smallest absolute Gasteiger partial charge is 0.288 e. The highest BCUT2D eigenvalue weighted by molar-refractivity contribution is 8.24. The molecular weight excluding hydrogens is 319 g/mol. The Bertz CT molecular complexity index is 171. The molecule has 0 aromatic rings. The quantitative estimate of drug-likeness (QED) is 0.461. The van der Waals surface area contributed by atoms with Crippen molar-refractivity contribution in [3.05, 3.63) is 0 Å². The lowest BCUT2D eigenvalue weighted by Gasteiger charge is -1.86. The van der Waals surface area contributed by atoms with Gasteiger partial charge in [-0.1, -0.05) is 0 Å². The Morgan fingerprint density at radius 3 is 1.00 bits per heavy atom. The molecule has 10 heteroatoms. The minimum atomic E-state index is -3.22. The van der Waals surface area contributed by atoms with Gasteiger partial charge in [0.2, 0.25) is 0 Å². The molecule has 0 aromatic carbocycles. The summed E-state index contributed by atoms with van der Waals surface area (Å²) in [5, 5.41) is -3.22. The van der Waals surface area contributed by atoms with Gasteiger partial charge in [0, 0.05) is 0 Å². The number of hydrogen-bond donors (Lipinski definition) is 0. The van der Waals surface area contributed by atoms with Crippen LogP contribution in [0.3, 0.4) is 0 Å². The summed E-state index contributed by atoms with van der Waals surface area (Å²) in [6, 6.07) is 0. The number of rotatable bonds is 1. The SMILES string of the molecule is O=P(Cl)(Cl)CCl.O=P(Cl)(Cl)Cl. The lowest BCUT2D eigenvalue weighted by molar-refractivity contribution is 0.595. The predicted molar refractivity (Wildman–Crippen MR) is 55.2 cm³/mol. The van der Waals surface area contributed by atoms with Crippen molar-refractivity contribution < 1.29 is 9.13 Å². The maximum Gasteiger partial charge on any atom is 0.339 e. The summed E-state index contributed by atoms with van der Waals surface area (Å²) in [5.74, 6) is -2.94. The average Bonchev–Trinajstić information content (AvgIpc) is 1.59. The topological polar surface area (TPSA) is 34.1 Å². The summed E-state index contributed by atoms with van der Waals surface area (Å²) < 4.78 is 19.5. The molecule has 0 radical (unpaired) electrons. The number of hydrogen-bond acceptors (Lipinski definition) is 2. The second-order valence-electron chi connectivity index (χ2n) is 1.09. The largest absolute Gasteiger partial charge is 0.339 e. The van der Waals surface area contributed by atoms with Gasteiger partial charge in [-0.15, -0.1) is 11.6 Å². The number of halogens is 6. The standard InChI is InChI=1S/CH2Cl3OP.Cl3OP/c2-1-6(3,4)5;1-5(2,3)4/h1H2;. The minimum absolute atomic E-state index is 0.171. The van der Waals surface area contributed by atoms with Gasteiger partial charge in [-0.2, -0.15) is 0 Å². The van der Waals surface area contributed by atoms with Crippen molar-refractivity contribution >= 4 is 78.9 Å². The molecule has 0 N–H and O–H groups in total. The van der Waals surface area contributed by atoms with Crippen LogP contribution in [0.4, 0.5) is 0 Å². The van der Waals surface area contributed by atoms with Crippen molar-refractivity contribution in [2.24, 2.45) is 0 Å². The Balaban J connectivity index is 0. The third-order valence-corrected chi connectivity index (χ3v) is 2.88. The highest BCUT2D eigenvalue weighted by Crippen LogP contribution is 2.61. The van der Waals surface area contributed by atoms with E-state index in [-0.39, 0.29) is 5.62 Å². The van der Waals surface area contributed by atoms with Crippen LogP contribution in [0.15, 0.2) is 0 Å². The van der Waals surface area contributed by atoms with Gasteiger partial charge in [-0.05, 0) is 56.2 Å². The van der Waals surface area contributed by atoms with E-state index in [2.05, 4.69) is 33.7 Å². The zero-order chi connectivity index (χ0) is 9.71. The van der Waals surface area contributed by atoms with Gasteiger partial charge in [0.25, 0.3) is 5.85 Å². The van der Waals surface area contributed by atoms with Crippen LogP contribution in [0.1, 0.15) is 0 Å². The van der Waals surface area contributed by atoms with Gasteiger partial charge in [0.05, 0.1) is 0 Å². The number of alkyl halides is 1. The van der Waals surface area contributed by atoms with Crippen molar-refractivity contribution in [3.63, 3.8) is 0 Å². The van der Waals surface area contributed by atoms with E-state index in [0.29, 0.717) is 0 Å². The van der Waals surface area contributed by atoms with Crippen LogP contribution in [0.25, 0.3) is 0 Å². The fourth-order valence-electron chi connectivity index (χ4n) is 0. The molecule has 0 fully saturated rings. The molecule has 70 valence electrons. The highest BCUT2D eigenvalue weighted by Gasteiger charge is 2.08. The molecule has 0 aliphatic heterocycles. The van der Waals surface area contributed by atoms with Crippen LogP contribution >= 0.6 is 78.9 Å². The summed E-state index contributed by atoms with van der Waals surface area (Å²) in [5.41, 5.74) is -0.171. The summed E-state index contributed by atoms with van der Waals surface area (Å²) >= 11 is 28.6. The van der Waals surface area contributed by atoms with E-state index in [4.69, 9.17) is 34.1 Å². The van der Waals surface area contributed by atoms with E-state index in [1.54, 1.807) is 0 Å². The maximum absolute atomic E-state index is 9.98. The second kappa shape index (κ2) is 6.62. The lowest BCUT2D eigenvalue weighted by Crippen LogP contribution is -1.53. The molecule has 11 heavy (non-hydrogen) atoms. The molecule has 0 amide bonds. The van der Waals surface area contributed by atoms with E-state index in [1.807, 2.05) is 0 Å². The Morgan fingerprint density at radius 1 is 0.909 bits per heavy atom. The Hall–Kier alpha value is 2.20. The Morgan fingerprint density at radius 2 is 1.00 bits per heavy atom. The van der Waals surface area contributed by atoms with E-state index in [1.165, 1.54) is 0 Å². The van der Waals surface area contributed by atoms with Crippen LogP contribution in [0.2, 0.25) is 0 Å². The fraction of sp³-hybridized carbons (Fsp3) is 1.00. The van der Waals surface area contributed by atoms with Crippen LogP contribution in [0.5, 0.6) is 0 Å². The monoisotopic (exact) mass is 318 g/mol. The normalized spacial score (nSPS) is 11.8. The maximum atomic E-state index is 9.98. The zero-order valence-corrected chi connectivity index (χ0v) is 11.0. The first-order valence-corrected chi connectivity index (χ1v) is 10.5. The minimum Gasteiger partial charge on any atom is -0.288 e. The van der Waals surface area contributed by atoms with E-state index >= 15 is 0 Å². The molecule has 0 bridgehead atoms. The summed E-state index contributed by atoms with van der Waals surface area (Å²) in [7, 11) is 0. The van der Waals surface area contributed by atoms with Gasteiger partial charge in [0.15, 0.2) is 0 Å². The molecule has 0 saturated heterocycles. The molecule has 0 aromatic heterocycles. The summed E-state index contributed by atoms with van der Waals surface area (Å²) in [6.07, 6.45) is 0. The van der Waals surface area contributed by atoms with Crippen LogP contribution in [-0.2, 0) is 9.13 Å². The first-order chi connectivity index (χ1) is 4.56. The third kappa shape index (κ3) is 46.9. The van der Waals surface area contributed by atoms with Gasteiger partial charge in [0.1, 0.15) is 5.62 Å². The van der Waals surface area contributed by atoms with Crippen LogP contribution in [0, 0.1) is 0 Å². The molecular formula is CH2Cl6O2P2. The average molecular weight is 321 g/mol. The fourth-order valence-corrected chi connectivity index (χ4v) is 0. The Kier molecular flexibility index (Phi) is 9.43. The molecule has 0 atom stereocenters. The summed E-state index contributed by atoms with van der Waals surface area (Å²) in [4.78, 5) is 0. The lowest BCUT2D eigenvalue weighted by atomic mass is 11.9. The first kappa shape index (κ1) is 15.7. The molecule has 2 nitrogen and oxygen atoms in total. The molecule has 0 aliphatic carbocycles. The first-order valence-electron chi connectivity index (χ1n) is 1.79. The third-order valence-electron chi connectivity index (χ3n) is 0.139. The van der Waals surface area contributed by atoms with Crippen molar-refractivity contribution in [2.75, 3.05) is 5.62 Å². The van der Waals surface area contributed by atoms with Gasteiger partial charge in [-0.3, -0.25) is 9.13 Å². The van der Waals surface area contributed by atoms with Gasteiger partial charge >= 0.3 is 5.20 Å². The van der Waals surface area contributed by atoms with Crippen LogP contribution in [-0.4, -0.2) is 5.62 Å². The van der Waals surface area contributed by atoms with Gasteiger partial charge in [-0.25, -0.2) is 0 Å².